The molecular weight excluding hydrogens is 226 g/mol. The molecule has 0 aromatic carbocycles. The van der Waals surface area contributed by atoms with E-state index in [2.05, 4.69) is 31.4 Å². The molecule has 1 amide bonds. The summed E-state index contributed by atoms with van der Waals surface area (Å²) in [6.45, 7) is 7.50. The van der Waals surface area contributed by atoms with Gasteiger partial charge in [-0.1, -0.05) is 20.8 Å². The number of amides is 1. The summed E-state index contributed by atoms with van der Waals surface area (Å²) in [5.41, 5.74) is 0.668. The smallest absolute Gasteiger partial charge is 0.234 e. The lowest BCUT2D eigenvalue weighted by atomic mass is 9.69. The third-order valence-corrected chi connectivity index (χ3v) is 5.67. The van der Waals surface area contributed by atoms with Gasteiger partial charge in [0.2, 0.25) is 5.91 Å². The minimum atomic E-state index is -0.0827. The number of fused-ring (bicyclic) bond motifs is 2. The van der Waals surface area contributed by atoms with Crippen LogP contribution in [0.25, 0.3) is 0 Å². The molecule has 2 bridgehead atoms. The number of rotatable bonds is 4. The van der Waals surface area contributed by atoms with E-state index < -0.39 is 0 Å². The fraction of sp³-hybridized carbons (Fsp3) is 0.857. The molecule has 4 nitrogen and oxygen atoms in total. The van der Waals surface area contributed by atoms with E-state index >= 15 is 0 Å². The third kappa shape index (κ3) is 1.91. The minimum absolute atomic E-state index is 0.0827. The molecule has 0 aromatic rings. The average molecular weight is 249 g/mol. The Morgan fingerprint density at radius 2 is 2.17 bits per heavy atom. The summed E-state index contributed by atoms with van der Waals surface area (Å²) in [4.78, 5) is 11.5. The van der Waals surface area contributed by atoms with E-state index in [9.17, 15) is 4.79 Å². The summed E-state index contributed by atoms with van der Waals surface area (Å²) in [6, 6.07) is 2.34. The summed E-state index contributed by atoms with van der Waals surface area (Å²) < 4.78 is 0. The van der Waals surface area contributed by atoms with Crippen molar-refractivity contribution in [2.75, 3.05) is 13.1 Å². The lowest BCUT2D eigenvalue weighted by Crippen LogP contribution is -2.47. The van der Waals surface area contributed by atoms with E-state index in [0.717, 1.165) is 5.92 Å². The molecule has 2 N–H and O–H groups in total. The zero-order chi connectivity index (χ0) is 13.4. The van der Waals surface area contributed by atoms with E-state index in [4.69, 9.17) is 5.26 Å². The van der Waals surface area contributed by atoms with Gasteiger partial charge >= 0.3 is 0 Å². The molecule has 0 radical (unpaired) electrons. The highest BCUT2D eigenvalue weighted by Gasteiger charge is 2.60. The molecule has 0 saturated heterocycles. The average Bonchev–Trinajstić information content (AvgIpc) is 2.66. The van der Waals surface area contributed by atoms with Crippen molar-refractivity contribution < 1.29 is 4.79 Å². The molecule has 18 heavy (non-hydrogen) atoms. The van der Waals surface area contributed by atoms with Crippen LogP contribution in [0.15, 0.2) is 0 Å². The molecule has 2 aliphatic rings. The minimum Gasteiger partial charge on any atom is -0.342 e. The first kappa shape index (κ1) is 13.4. The molecule has 0 heterocycles. The summed E-state index contributed by atoms with van der Waals surface area (Å²) in [5.74, 6) is 0.697. The second kappa shape index (κ2) is 4.55. The monoisotopic (exact) mass is 249 g/mol. The van der Waals surface area contributed by atoms with Crippen LogP contribution in [0.4, 0.5) is 0 Å². The molecule has 0 spiro atoms. The first-order valence-corrected chi connectivity index (χ1v) is 6.79. The van der Waals surface area contributed by atoms with Crippen molar-refractivity contribution in [2.45, 2.75) is 46.1 Å². The first-order valence-electron chi connectivity index (χ1n) is 6.79. The Bertz CT molecular complexity index is 385. The maximum Gasteiger partial charge on any atom is 0.234 e. The van der Waals surface area contributed by atoms with Gasteiger partial charge in [0.25, 0.3) is 0 Å². The Balaban J connectivity index is 1.90. The van der Waals surface area contributed by atoms with Crippen LogP contribution in [0.2, 0.25) is 0 Å². The van der Waals surface area contributed by atoms with E-state index in [1.165, 1.54) is 19.3 Å². The van der Waals surface area contributed by atoms with Gasteiger partial charge in [0.05, 0.1) is 12.6 Å². The summed E-state index contributed by atoms with van der Waals surface area (Å²) in [6.07, 6.45) is 3.75. The van der Waals surface area contributed by atoms with Gasteiger partial charge in [-0.15, -0.1) is 0 Å². The van der Waals surface area contributed by atoms with Crippen molar-refractivity contribution in [1.82, 2.24) is 10.6 Å². The standard InChI is InChI=1S/C14H23N3O/c1-13(2)10-4-5-14(13,3)11(8-10)17-9-12(18)16-7-6-15/h10-11,17H,4-5,7-9H2,1-3H3,(H,16,18)/t10-,11-,14-/m0/s1. The normalized spacial score (nSPS) is 36.3. The molecular formula is C14H23N3O. The molecule has 100 valence electrons. The van der Waals surface area contributed by atoms with E-state index in [0.29, 0.717) is 23.4 Å². The summed E-state index contributed by atoms with van der Waals surface area (Å²) >= 11 is 0. The number of carbonyl (C=O) groups is 1. The van der Waals surface area contributed by atoms with Crippen LogP contribution in [-0.2, 0) is 4.79 Å². The van der Waals surface area contributed by atoms with Crippen LogP contribution in [0.3, 0.4) is 0 Å². The molecule has 2 fully saturated rings. The highest BCUT2D eigenvalue weighted by molar-refractivity contribution is 5.78. The molecule has 0 aromatic heterocycles. The van der Waals surface area contributed by atoms with Gasteiger partial charge in [-0.2, -0.15) is 5.26 Å². The highest BCUT2D eigenvalue weighted by Crippen LogP contribution is 2.65. The third-order valence-electron chi connectivity index (χ3n) is 5.67. The predicted molar refractivity (Wildman–Crippen MR) is 69.6 cm³/mol. The number of nitriles is 1. The molecule has 0 unspecified atom stereocenters. The van der Waals surface area contributed by atoms with Gasteiger partial charge in [0, 0.05) is 6.04 Å². The predicted octanol–water partition coefficient (Wildman–Crippen LogP) is 1.43. The largest absolute Gasteiger partial charge is 0.342 e. The number of hydrogen-bond acceptors (Lipinski definition) is 3. The number of nitrogens with one attached hydrogen (secondary N) is 2. The van der Waals surface area contributed by atoms with Crippen molar-refractivity contribution in [3.05, 3.63) is 0 Å². The molecule has 0 aliphatic heterocycles. The molecule has 2 rings (SSSR count). The van der Waals surface area contributed by atoms with Gasteiger partial charge in [-0.3, -0.25) is 4.79 Å². The topological polar surface area (TPSA) is 64.9 Å². The van der Waals surface area contributed by atoms with Crippen LogP contribution in [-0.4, -0.2) is 25.0 Å². The number of carbonyl (C=O) groups excluding carboxylic acids is 1. The lowest BCUT2D eigenvalue weighted by Gasteiger charge is -2.39. The van der Waals surface area contributed by atoms with E-state index in [-0.39, 0.29) is 12.5 Å². The van der Waals surface area contributed by atoms with Crippen molar-refractivity contribution in [3.63, 3.8) is 0 Å². The van der Waals surface area contributed by atoms with Gasteiger partial charge < -0.3 is 10.6 Å². The van der Waals surface area contributed by atoms with Gasteiger partial charge in [-0.25, -0.2) is 0 Å². The first-order chi connectivity index (χ1) is 8.41. The highest BCUT2D eigenvalue weighted by atomic mass is 16.1. The maximum atomic E-state index is 11.5. The summed E-state index contributed by atoms with van der Waals surface area (Å²) in [5, 5.41) is 14.4. The van der Waals surface area contributed by atoms with Crippen LogP contribution in [0.5, 0.6) is 0 Å². The van der Waals surface area contributed by atoms with Crippen molar-refractivity contribution in [2.24, 2.45) is 16.7 Å². The Labute approximate surface area is 109 Å². The second-order valence-electron chi connectivity index (χ2n) is 6.48. The zero-order valence-electron chi connectivity index (χ0n) is 11.5. The molecule has 2 aliphatic carbocycles. The van der Waals surface area contributed by atoms with Crippen LogP contribution < -0.4 is 10.6 Å². The quantitative estimate of drug-likeness (QED) is 0.741. The van der Waals surface area contributed by atoms with Crippen LogP contribution in [0, 0.1) is 28.1 Å². The van der Waals surface area contributed by atoms with Crippen molar-refractivity contribution >= 4 is 5.91 Å². The number of hydrogen-bond donors (Lipinski definition) is 2. The SMILES string of the molecule is CC1(C)[C@H]2CC[C@@]1(C)[C@@H](NCC(=O)NCC#N)C2. The van der Waals surface area contributed by atoms with Crippen molar-refractivity contribution in [3.8, 4) is 6.07 Å². The van der Waals surface area contributed by atoms with Gasteiger partial charge in [-0.05, 0) is 36.0 Å². The molecule has 2 saturated carbocycles. The second-order valence-corrected chi connectivity index (χ2v) is 6.48. The molecule has 4 heteroatoms. The fourth-order valence-electron chi connectivity index (χ4n) is 3.93. The zero-order valence-corrected chi connectivity index (χ0v) is 11.5. The number of nitrogens with zero attached hydrogens (tertiary/aromatic N) is 1. The lowest BCUT2D eigenvalue weighted by molar-refractivity contribution is -0.120. The fourth-order valence-corrected chi connectivity index (χ4v) is 3.93. The molecule has 3 atom stereocenters. The Morgan fingerprint density at radius 3 is 2.67 bits per heavy atom. The van der Waals surface area contributed by atoms with Crippen LogP contribution in [0.1, 0.15) is 40.0 Å². The van der Waals surface area contributed by atoms with Crippen LogP contribution >= 0.6 is 0 Å². The van der Waals surface area contributed by atoms with Gasteiger partial charge in [0.15, 0.2) is 0 Å². The Morgan fingerprint density at radius 1 is 1.44 bits per heavy atom. The Kier molecular flexibility index (Phi) is 3.37. The van der Waals surface area contributed by atoms with Crippen molar-refractivity contribution in [1.29, 1.82) is 5.26 Å². The van der Waals surface area contributed by atoms with Gasteiger partial charge in [0.1, 0.15) is 6.54 Å². The maximum absolute atomic E-state index is 11.5. The summed E-state index contributed by atoms with van der Waals surface area (Å²) in [7, 11) is 0. The van der Waals surface area contributed by atoms with E-state index in [1.807, 2.05) is 6.07 Å². The van der Waals surface area contributed by atoms with E-state index in [1.54, 1.807) is 0 Å². The Hall–Kier alpha value is -1.08.